The Morgan fingerprint density at radius 2 is 1.93 bits per heavy atom. The smallest absolute Gasteiger partial charge is 0.251 e. The fourth-order valence-corrected chi connectivity index (χ4v) is 1.07. The van der Waals surface area contributed by atoms with Gasteiger partial charge in [-0.1, -0.05) is 18.2 Å². The molecule has 3 heteroatoms. The Labute approximate surface area is 90.1 Å². The van der Waals surface area contributed by atoms with Crippen LogP contribution in [0.15, 0.2) is 30.3 Å². The molecule has 1 aromatic rings. The van der Waals surface area contributed by atoms with Crippen molar-refractivity contribution >= 4 is 18.5 Å². The summed E-state index contributed by atoms with van der Waals surface area (Å²) in [4.78, 5) is 11.5. The predicted molar refractivity (Wildman–Crippen MR) is 61.8 cm³/mol. The van der Waals surface area contributed by atoms with Crippen LogP contribution in [0.4, 0.5) is 0 Å². The van der Waals surface area contributed by atoms with E-state index >= 15 is 0 Å². The first-order chi connectivity index (χ1) is 6.49. The van der Waals surface area contributed by atoms with Gasteiger partial charge in [0.25, 0.3) is 5.91 Å². The number of amides is 1. The third-order valence-electron chi connectivity index (χ3n) is 1.72. The van der Waals surface area contributed by atoms with Gasteiger partial charge in [-0.05, 0) is 26.0 Å². The van der Waals surface area contributed by atoms with E-state index < -0.39 is 0 Å². The molecule has 0 saturated heterocycles. The van der Waals surface area contributed by atoms with E-state index in [0.717, 1.165) is 0 Å². The molecule has 1 amide bonds. The molecular formula is C11H15NOS. The van der Waals surface area contributed by atoms with Gasteiger partial charge in [-0.2, -0.15) is 12.6 Å². The van der Waals surface area contributed by atoms with Crippen LogP contribution < -0.4 is 5.32 Å². The molecule has 0 aromatic heterocycles. The molecule has 0 atom stereocenters. The van der Waals surface area contributed by atoms with Crippen LogP contribution in [0.2, 0.25) is 0 Å². The van der Waals surface area contributed by atoms with Crippen molar-refractivity contribution in [3.05, 3.63) is 35.9 Å². The van der Waals surface area contributed by atoms with Gasteiger partial charge in [-0.25, -0.2) is 0 Å². The van der Waals surface area contributed by atoms with E-state index in [2.05, 4.69) is 17.9 Å². The van der Waals surface area contributed by atoms with Crippen molar-refractivity contribution in [1.82, 2.24) is 5.32 Å². The maximum Gasteiger partial charge on any atom is 0.251 e. The molecule has 76 valence electrons. The number of carbonyl (C=O) groups is 1. The summed E-state index contributed by atoms with van der Waals surface area (Å²) in [7, 11) is 0. The lowest BCUT2D eigenvalue weighted by Crippen LogP contribution is -2.34. The summed E-state index contributed by atoms with van der Waals surface area (Å²) in [5.74, 6) is -0.0484. The molecule has 1 rings (SSSR count). The van der Waals surface area contributed by atoms with Crippen molar-refractivity contribution in [1.29, 1.82) is 0 Å². The minimum atomic E-state index is -0.176. The number of hydrogen-bond acceptors (Lipinski definition) is 2. The first-order valence-electron chi connectivity index (χ1n) is 4.55. The highest BCUT2D eigenvalue weighted by atomic mass is 32.1. The fourth-order valence-electron chi connectivity index (χ4n) is 0.988. The number of carbonyl (C=O) groups excluding carboxylic acids is 1. The van der Waals surface area contributed by atoms with E-state index in [-0.39, 0.29) is 10.7 Å². The van der Waals surface area contributed by atoms with Gasteiger partial charge in [0.2, 0.25) is 0 Å². The maximum absolute atomic E-state index is 11.5. The van der Waals surface area contributed by atoms with Crippen molar-refractivity contribution in [3.8, 4) is 0 Å². The Kier molecular flexibility index (Phi) is 3.58. The van der Waals surface area contributed by atoms with Crippen molar-refractivity contribution in [3.63, 3.8) is 0 Å². The van der Waals surface area contributed by atoms with Crippen molar-refractivity contribution in [2.45, 2.75) is 18.6 Å². The van der Waals surface area contributed by atoms with Crippen LogP contribution in [0.1, 0.15) is 24.2 Å². The van der Waals surface area contributed by atoms with Crippen LogP contribution in [0.5, 0.6) is 0 Å². The van der Waals surface area contributed by atoms with Crippen LogP contribution in [0.3, 0.4) is 0 Å². The van der Waals surface area contributed by atoms with Gasteiger partial charge in [0.15, 0.2) is 0 Å². The van der Waals surface area contributed by atoms with Crippen LogP contribution in [-0.2, 0) is 0 Å². The lowest BCUT2D eigenvalue weighted by molar-refractivity contribution is 0.0951. The Morgan fingerprint density at radius 1 is 1.36 bits per heavy atom. The molecule has 0 unspecified atom stereocenters. The molecule has 0 saturated carbocycles. The predicted octanol–water partition coefficient (Wildman–Crippen LogP) is 2.12. The SMILES string of the molecule is CC(C)(S)CNC(=O)c1ccccc1. The molecule has 0 radical (unpaired) electrons. The molecule has 14 heavy (non-hydrogen) atoms. The molecule has 0 spiro atoms. The van der Waals surface area contributed by atoms with Gasteiger partial charge in [-0.3, -0.25) is 4.79 Å². The average Bonchev–Trinajstić information content (AvgIpc) is 2.14. The first-order valence-corrected chi connectivity index (χ1v) is 4.99. The molecule has 2 nitrogen and oxygen atoms in total. The van der Waals surface area contributed by atoms with Crippen LogP contribution in [0.25, 0.3) is 0 Å². The molecule has 1 N–H and O–H groups in total. The normalized spacial score (nSPS) is 11.1. The van der Waals surface area contributed by atoms with E-state index in [0.29, 0.717) is 12.1 Å². The molecule has 0 aliphatic heterocycles. The van der Waals surface area contributed by atoms with Gasteiger partial charge in [0.05, 0.1) is 0 Å². The molecule has 0 aliphatic carbocycles. The van der Waals surface area contributed by atoms with Gasteiger partial charge < -0.3 is 5.32 Å². The van der Waals surface area contributed by atoms with Crippen LogP contribution in [-0.4, -0.2) is 17.2 Å². The van der Waals surface area contributed by atoms with E-state index in [4.69, 9.17) is 0 Å². The Morgan fingerprint density at radius 3 is 2.43 bits per heavy atom. The third kappa shape index (κ3) is 3.83. The summed E-state index contributed by atoms with van der Waals surface area (Å²) in [5.41, 5.74) is 0.685. The summed E-state index contributed by atoms with van der Waals surface area (Å²) in [6.07, 6.45) is 0. The van der Waals surface area contributed by atoms with Gasteiger partial charge >= 0.3 is 0 Å². The number of rotatable bonds is 3. The summed E-state index contributed by atoms with van der Waals surface area (Å²) in [6.45, 7) is 4.48. The third-order valence-corrected chi connectivity index (χ3v) is 1.88. The summed E-state index contributed by atoms with van der Waals surface area (Å²) >= 11 is 4.33. The average molecular weight is 209 g/mol. The number of benzene rings is 1. The minimum absolute atomic E-state index is 0.0484. The van der Waals surface area contributed by atoms with E-state index in [1.165, 1.54) is 0 Å². The van der Waals surface area contributed by atoms with Crippen LogP contribution >= 0.6 is 12.6 Å². The van der Waals surface area contributed by atoms with E-state index in [9.17, 15) is 4.79 Å². The van der Waals surface area contributed by atoms with Crippen molar-refractivity contribution in [2.24, 2.45) is 0 Å². The molecule has 1 aromatic carbocycles. The van der Waals surface area contributed by atoms with Crippen LogP contribution in [0, 0.1) is 0 Å². The van der Waals surface area contributed by atoms with Gasteiger partial charge in [-0.15, -0.1) is 0 Å². The molecule has 0 aliphatic rings. The Balaban J connectivity index is 2.52. The Hall–Kier alpha value is -0.960. The summed E-state index contributed by atoms with van der Waals surface area (Å²) in [6, 6.07) is 9.17. The lowest BCUT2D eigenvalue weighted by atomic mass is 10.2. The van der Waals surface area contributed by atoms with E-state index in [1.54, 1.807) is 12.1 Å². The quantitative estimate of drug-likeness (QED) is 0.734. The minimum Gasteiger partial charge on any atom is -0.351 e. The number of hydrogen-bond donors (Lipinski definition) is 2. The first kappa shape index (κ1) is 11.1. The molecular weight excluding hydrogens is 194 g/mol. The van der Waals surface area contributed by atoms with Gasteiger partial charge in [0, 0.05) is 16.9 Å². The number of thiol groups is 1. The zero-order valence-electron chi connectivity index (χ0n) is 8.45. The monoisotopic (exact) mass is 209 g/mol. The lowest BCUT2D eigenvalue weighted by Gasteiger charge is -2.17. The topological polar surface area (TPSA) is 29.1 Å². The summed E-state index contributed by atoms with van der Waals surface area (Å²) < 4.78 is -0.176. The summed E-state index contributed by atoms with van der Waals surface area (Å²) in [5, 5.41) is 2.82. The molecule has 0 heterocycles. The molecule has 0 bridgehead atoms. The second kappa shape index (κ2) is 4.51. The standard InChI is InChI=1S/C11H15NOS/c1-11(2,14)8-12-10(13)9-6-4-3-5-7-9/h3-7,14H,8H2,1-2H3,(H,12,13). The second-order valence-electron chi connectivity index (χ2n) is 3.86. The zero-order chi connectivity index (χ0) is 10.6. The highest BCUT2D eigenvalue weighted by molar-refractivity contribution is 7.81. The fraction of sp³-hybridized carbons (Fsp3) is 0.364. The maximum atomic E-state index is 11.5. The highest BCUT2D eigenvalue weighted by Crippen LogP contribution is 2.09. The zero-order valence-corrected chi connectivity index (χ0v) is 9.34. The largest absolute Gasteiger partial charge is 0.351 e. The molecule has 0 fully saturated rings. The van der Waals surface area contributed by atoms with E-state index in [1.807, 2.05) is 32.0 Å². The van der Waals surface area contributed by atoms with Gasteiger partial charge in [0.1, 0.15) is 0 Å². The Bertz CT molecular complexity index is 303. The number of nitrogens with one attached hydrogen (secondary N) is 1. The van der Waals surface area contributed by atoms with Crippen molar-refractivity contribution < 1.29 is 4.79 Å². The van der Waals surface area contributed by atoms with Crippen molar-refractivity contribution in [2.75, 3.05) is 6.54 Å². The highest BCUT2D eigenvalue weighted by Gasteiger charge is 2.13. The second-order valence-corrected chi connectivity index (χ2v) is 5.07.